The van der Waals surface area contributed by atoms with Crippen molar-refractivity contribution in [1.29, 1.82) is 0 Å². The molecule has 1 heterocycles. The van der Waals surface area contributed by atoms with E-state index in [9.17, 15) is 35.1 Å². The lowest BCUT2D eigenvalue weighted by molar-refractivity contribution is -0.289. The number of aliphatic hydroxyl groups is 4. The van der Waals surface area contributed by atoms with Crippen LogP contribution in [-0.4, -0.2) is 73.8 Å². The highest BCUT2D eigenvalue weighted by molar-refractivity contribution is 6.30. The number of aliphatic carboxylic acids is 1. The van der Waals surface area contributed by atoms with Crippen LogP contribution in [-0.2, 0) is 19.1 Å². The second-order valence-electron chi connectivity index (χ2n) is 7.45. The van der Waals surface area contributed by atoms with Crippen LogP contribution in [0.1, 0.15) is 39.2 Å². The lowest BCUT2D eigenvalue weighted by Crippen LogP contribution is -2.61. The highest BCUT2D eigenvalue weighted by Crippen LogP contribution is 2.28. The lowest BCUT2D eigenvalue weighted by atomic mass is 9.99. The molecule has 5 N–H and O–H groups in total. The number of carbonyl (C=O) groups is 2. The van der Waals surface area contributed by atoms with Gasteiger partial charge in [0.1, 0.15) is 30.2 Å². The van der Waals surface area contributed by atoms with Crippen LogP contribution >= 0.6 is 11.6 Å². The van der Waals surface area contributed by atoms with Crippen LogP contribution in [0.3, 0.4) is 0 Å². The van der Waals surface area contributed by atoms with Crippen molar-refractivity contribution in [3.63, 3.8) is 0 Å². The normalized spacial score (nSPS) is 29.3. The van der Waals surface area contributed by atoms with E-state index in [0.717, 1.165) is 12.1 Å². The number of halogens is 1. The molecule has 11 heteroatoms. The quantitative estimate of drug-likeness (QED) is 0.345. The summed E-state index contributed by atoms with van der Waals surface area (Å²) in [5, 5.41) is 50.1. The predicted molar refractivity (Wildman–Crippen MR) is 117 cm³/mol. The number of hydrogen-bond acceptors (Lipinski definition) is 9. The minimum absolute atomic E-state index is 0.289. The zero-order valence-electron chi connectivity index (χ0n) is 23.2. The topological polar surface area (TPSA) is 163 Å². The van der Waals surface area contributed by atoms with Gasteiger partial charge in [-0.05, 0) is 49.1 Å². The first-order chi connectivity index (χ1) is 18.4. The van der Waals surface area contributed by atoms with Gasteiger partial charge in [0.2, 0.25) is 6.29 Å². The Bertz CT molecular complexity index is 1190. The van der Waals surface area contributed by atoms with E-state index in [-0.39, 0.29) is 5.56 Å². The standard InChI is InChI=1S/C23H25ClO10/c1-23(2,22(31)33-21-18(28)16(26)17(27)19(32-21)20(29)30)34-14-9-5-12(6-10-14)15(25)11-3-7-13(24)8-4-11/h3-10,15-19,21,25-28H,1-2H3,(H,29,30)/i1D3,2D3. The third kappa shape index (κ3) is 5.66. The van der Waals surface area contributed by atoms with Gasteiger partial charge in [-0.15, -0.1) is 0 Å². The van der Waals surface area contributed by atoms with Gasteiger partial charge in [-0.25, -0.2) is 9.59 Å². The van der Waals surface area contributed by atoms with Gasteiger partial charge in [0.15, 0.2) is 11.7 Å². The summed E-state index contributed by atoms with van der Waals surface area (Å²) in [6.45, 7) is -7.50. The van der Waals surface area contributed by atoms with Crippen LogP contribution in [0, 0.1) is 0 Å². The van der Waals surface area contributed by atoms with Crippen LogP contribution in [0.4, 0.5) is 0 Å². The van der Waals surface area contributed by atoms with Crippen molar-refractivity contribution in [2.75, 3.05) is 0 Å². The molecule has 0 amide bonds. The van der Waals surface area contributed by atoms with Crippen molar-refractivity contribution in [3.8, 4) is 5.75 Å². The molecule has 2 aromatic carbocycles. The number of carbonyl (C=O) groups excluding carboxylic acids is 1. The molecule has 0 aromatic heterocycles. The van der Waals surface area contributed by atoms with Gasteiger partial charge in [0.25, 0.3) is 0 Å². The molecule has 0 aliphatic carbocycles. The van der Waals surface area contributed by atoms with E-state index in [1.807, 2.05) is 0 Å². The van der Waals surface area contributed by atoms with E-state index in [4.69, 9.17) is 34.0 Å². The Balaban J connectivity index is 1.94. The van der Waals surface area contributed by atoms with Crippen LogP contribution < -0.4 is 4.74 Å². The molecule has 0 radical (unpaired) electrons. The third-order valence-corrected chi connectivity index (χ3v) is 5.23. The summed E-state index contributed by atoms with van der Waals surface area (Å²) in [5.41, 5.74) is -2.99. The SMILES string of the molecule is [2H]C([2H])([2H])C(Oc1ccc(C(O)c2ccc(Cl)cc2)cc1)(C(=O)OC1OC(C(=O)O)C(O)C(O)C1O)C([2H])([2H])[2H]. The van der Waals surface area contributed by atoms with Gasteiger partial charge in [0, 0.05) is 13.2 Å². The second kappa shape index (κ2) is 10.3. The van der Waals surface area contributed by atoms with Crippen molar-refractivity contribution in [2.45, 2.75) is 56.1 Å². The van der Waals surface area contributed by atoms with Crippen molar-refractivity contribution >= 4 is 23.5 Å². The fourth-order valence-electron chi connectivity index (χ4n) is 3.11. The van der Waals surface area contributed by atoms with Crippen molar-refractivity contribution in [3.05, 3.63) is 64.7 Å². The summed E-state index contributed by atoms with van der Waals surface area (Å²) >= 11 is 5.85. The summed E-state index contributed by atoms with van der Waals surface area (Å²) < 4.78 is 62.1. The number of benzene rings is 2. The molecular weight excluding hydrogens is 472 g/mol. The fraction of sp³-hybridized carbons (Fsp3) is 0.391. The van der Waals surface area contributed by atoms with Crippen LogP contribution in [0.5, 0.6) is 5.75 Å². The van der Waals surface area contributed by atoms with E-state index in [1.165, 1.54) is 12.1 Å². The Morgan fingerprint density at radius 2 is 1.56 bits per heavy atom. The molecular formula is C23H25ClO10. The van der Waals surface area contributed by atoms with Gasteiger partial charge in [-0.2, -0.15) is 0 Å². The van der Waals surface area contributed by atoms with Gasteiger partial charge in [-0.3, -0.25) is 0 Å². The van der Waals surface area contributed by atoms with Crippen LogP contribution in [0.2, 0.25) is 5.02 Å². The Kier molecular flexibility index (Phi) is 5.61. The molecule has 0 bridgehead atoms. The first kappa shape index (κ1) is 18.6. The molecule has 10 nitrogen and oxygen atoms in total. The Labute approximate surface area is 208 Å². The van der Waals surface area contributed by atoms with Gasteiger partial charge >= 0.3 is 11.9 Å². The van der Waals surface area contributed by atoms with Gasteiger partial charge in [-0.1, -0.05) is 35.9 Å². The molecule has 1 aliphatic rings. The molecule has 1 saturated heterocycles. The molecule has 3 rings (SSSR count). The van der Waals surface area contributed by atoms with E-state index >= 15 is 0 Å². The molecule has 0 spiro atoms. The molecule has 184 valence electrons. The number of rotatable bonds is 7. The largest absolute Gasteiger partial charge is 0.479 e. The molecule has 34 heavy (non-hydrogen) atoms. The first-order valence-corrected chi connectivity index (χ1v) is 10.1. The first-order valence-electron chi connectivity index (χ1n) is 12.8. The molecule has 1 aliphatic heterocycles. The Morgan fingerprint density at radius 1 is 1.00 bits per heavy atom. The average molecular weight is 503 g/mol. The minimum Gasteiger partial charge on any atom is -0.479 e. The predicted octanol–water partition coefficient (Wildman–Crippen LogP) is 1.01. The monoisotopic (exact) mass is 502 g/mol. The Hall–Kier alpha value is -2.73. The van der Waals surface area contributed by atoms with Gasteiger partial charge in [0.05, 0.1) is 0 Å². The molecule has 0 saturated carbocycles. The molecule has 6 atom stereocenters. The number of carboxylic acid groups (broad SMARTS) is 1. The number of carboxylic acids is 1. The summed E-state index contributed by atoms with van der Waals surface area (Å²) in [7, 11) is 0. The average Bonchev–Trinajstić information content (AvgIpc) is 2.86. The maximum atomic E-state index is 13.2. The summed E-state index contributed by atoms with van der Waals surface area (Å²) in [4.78, 5) is 24.6. The lowest BCUT2D eigenvalue weighted by Gasteiger charge is -2.39. The number of hydrogen-bond donors (Lipinski definition) is 5. The van der Waals surface area contributed by atoms with E-state index in [0.29, 0.717) is 10.6 Å². The Morgan fingerprint density at radius 3 is 2.09 bits per heavy atom. The van der Waals surface area contributed by atoms with Crippen molar-refractivity contribution < 1.29 is 57.6 Å². The second-order valence-corrected chi connectivity index (χ2v) is 7.88. The highest BCUT2D eigenvalue weighted by atomic mass is 35.5. The van der Waals surface area contributed by atoms with E-state index < -0.39 is 73.8 Å². The maximum absolute atomic E-state index is 13.2. The van der Waals surface area contributed by atoms with Crippen LogP contribution in [0.15, 0.2) is 48.5 Å². The summed E-state index contributed by atoms with van der Waals surface area (Å²) in [6.07, 6.45) is -12.4. The molecule has 2 aromatic rings. The zero-order chi connectivity index (χ0) is 30.2. The van der Waals surface area contributed by atoms with Crippen molar-refractivity contribution in [2.24, 2.45) is 0 Å². The van der Waals surface area contributed by atoms with E-state index in [2.05, 4.69) is 0 Å². The minimum atomic E-state index is -3.75. The summed E-state index contributed by atoms with van der Waals surface area (Å²) in [5.74, 6) is -4.37. The number of esters is 1. The van der Waals surface area contributed by atoms with Crippen LogP contribution in [0.25, 0.3) is 0 Å². The fourth-order valence-corrected chi connectivity index (χ4v) is 3.24. The molecule has 6 unspecified atom stereocenters. The summed E-state index contributed by atoms with van der Waals surface area (Å²) in [6, 6.07) is 11.0. The zero-order valence-corrected chi connectivity index (χ0v) is 18.0. The smallest absolute Gasteiger partial charge is 0.352 e. The van der Waals surface area contributed by atoms with Gasteiger partial charge < -0.3 is 39.7 Å². The molecule has 1 fully saturated rings. The number of aliphatic hydroxyl groups excluding tert-OH is 4. The van der Waals surface area contributed by atoms with E-state index in [1.54, 1.807) is 24.3 Å². The maximum Gasteiger partial charge on any atom is 0.352 e. The van der Waals surface area contributed by atoms with Crippen molar-refractivity contribution in [1.82, 2.24) is 0 Å². The third-order valence-electron chi connectivity index (χ3n) is 4.98. The highest BCUT2D eigenvalue weighted by Gasteiger charge is 2.49. The number of ether oxygens (including phenoxy) is 3.